The minimum atomic E-state index is -0.790. The van der Waals surface area contributed by atoms with Crippen molar-refractivity contribution in [3.63, 3.8) is 0 Å². The van der Waals surface area contributed by atoms with E-state index in [2.05, 4.69) is 5.32 Å². The van der Waals surface area contributed by atoms with E-state index in [0.29, 0.717) is 25.9 Å². The second-order valence-corrected chi connectivity index (χ2v) is 9.44. The van der Waals surface area contributed by atoms with Gasteiger partial charge in [0.15, 0.2) is 0 Å². The van der Waals surface area contributed by atoms with Gasteiger partial charge in [0, 0.05) is 9.75 Å². The predicted octanol–water partition coefficient (Wildman–Crippen LogP) is 3.59. The number of rotatable bonds is 6. The smallest absolute Gasteiger partial charge is 0.325 e. The molecule has 28 heavy (non-hydrogen) atoms. The van der Waals surface area contributed by atoms with Gasteiger partial charge in [0.2, 0.25) is 5.91 Å². The van der Waals surface area contributed by atoms with E-state index in [1.807, 2.05) is 35.0 Å². The highest BCUT2D eigenvalue weighted by atomic mass is 32.1. The van der Waals surface area contributed by atoms with Crippen molar-refractivity contribution in [1.82, 2.24) is 15.1 Å². The highest BCUT2D eigenvalue weighted by Crippen LogP contribution is 2.33. The van der Waals surface area contributed by atoms with Gasteiger partial charge in [-0.1, -0.05) is 31.4 Å². The minimum absolute atomic E-state index is 0.205. The highest BCUT2D eigenvalue weighted by molar-refractivity contribution is 7.10. The number of imide groups is 1. The average molecular weight is 418 g/mol. The summed E-state index contributed by atoms with van der Waals surface area (Å²) >= 11 is 3.18. The molecule has 0 atom stereocenters. The molecule has 8 heteroatoms. The normalized spacial score (nSPS) is 18.5. The molecule has 1 N–H and O–H groups in total. The second kappa shape index (κ2) is 8.05. The van der Waals surface area contributed by atoms with Gasteiger partial charge in [-0.3, -0.25) is 14.5 Å². The first-order valence-electron chi connectivity index (χ1n) is 9.54. The monoisotopic (exact) mass is 417 g/mol. The number of thiophene rings is 2. The fourth-order valence-electron chi connectivity index (χ4n) is 3.96. The van der Waals surface area contributed by atoms with E-state index in [1.165, 1.54) is 0 Å². The summed E-state index contributed by atoms with van der Waals surface area (Å²) in [4.78, 5) is 43.5. The first-order valence-corrected chi connectivity index (χ1v) is 11.3. The second-order valence-electron chi connectivity index (χ2n) is 7.37. The number of nitrogens with one attached hydrogen (secondary N) is 1. The van der Waals surface area contributed by atoms with Gasteiger partial charge in [0.25, 0.3) is 5.91 Å². The molecule has 4 amide bonds. The van der Waals surface area contributed by atoms with Gasteiger partial charge in [-0.15, -0.1) is 22.7 Å². The summed E-state index contributed by atoms with van der Waals surface area (Å²) in [7, 11) is 0. The van der Waals surface area contributed by atoms with Crippen LogP contribution in [0.1, 0.15) is 41.9 Å². The van der Waals surface area contributed by atoms with Crippen molar-refractivity contribution in [3.05, 3.63) is 44.8 Å². The molecule has 1 saturated carbocycles. The van der Waals surface area contributed by atoms with Crippen LogP contribution in [0, 0.1) is 0 Å². The summed E-state index contributed by atoms with van der Waals surface area (Å²) in [5.41, 5.74) is -0.790. The van der Waals surface area contributed by atoms with E-state index < -0.39 is 11.6 Å². The van der Waals surface area contributed by atoms with Crippen LogP contribution in [-0.4, -0.2) is 39.7 Å². The van der Waals surface area contributed by atoms with Crippen LogP contribution in [0.3, 0.4) is 0 Å². The minimum Gasteiger partial charge on any atom is -0.331 e. The van der Waals surface area contributed by atoms with E-state index >= 15 is 0 Å². The third kappa shape index (κ3) is 3.84. The van der Waals surface area contributed by atoms with Crippen LogP contribution in [0.25, 0.3) is 0 Å². The Kier molecular flexibility index (Phi) is 5.50. The molecule has 2 aromatic rings. The molecule has 1 saturated heterocycles. The molecule has 3 heterocycles. The van der Waals surface area contributed by atoms with E-state index in [0.717, 1.165) is 33.9 Å². The van der Waals surface area contributed by atoms with Crippen molar-refractivity contribution in [3.8, 4) is 0 Å². The van der Waals surface area contributed by atoms with Crippen molar-refractivity contribution in [2.75, 3.05) is 6.54 Å². The Balaban J connectivity index is 1.48. The first-order chi connectivity index (χ1) is 13.6. The van der Waals surface area contributed by atoms with Crippen molar-refractivity contribution in [2.45, 2.75) is 50.7 Å². The van der Waals surface area contributed by atoms with Gasteiger partial charge in [0.1, 0.15) is 12.1 Å². The predicted molar refractivity (Wildman–Crippen MR) is 109 cm³/mol. The van der Waals surface area contributed by atoms with E-state index in [1.54, 1.807) is 27.6 Å². The Bertz CT molecular complexity index is 806. The molecule has 0 unspecified atom stereocenters. The van der Waals surface area contributed by atoms with Crippen LogP contribution in [0.2, 0.25) is 0 Å². The van der Waals surface area contributed by atoms with Gasteiger partial charge < -0.3 is 10.2 Å². The number of hydrogen-bond donors (Lipinski definition) is 1. The molecule has 148 valence electrons. The molecule has 1 spiro atoms. The Morgan fingerprint density at radius 2 is 1.64 bits per heavy atom. The van der Waals surface area contributed by atoms with Crippen LogP contribution < -0.4 is 5.32 Å². The molecule has 6 nitrogen and oxygen atoms in total. The fourth-order valence-corrected chi connectivity index (χ4v) is 5.40. The Morgan fingerprint density at radius 1 is 1.04 bits per heavy atom. The summed E-state index contributed by atoms with van der Waals surface area (Å²) in [6, 6.07) is 7.46. The standard InChI is InChI=1S/C20H23N3O3S2/c24-17(14-23-18(25)20(21-19(23)26)8-2-1-3-9-20)22(12-15-6-4-10-27-15)13-16-7-5-11-28-16/h4-7,10-11H,1-3,8-9,12-14H2,(H,21,26). The van der Waals surface area contributed by atoms with Crippen molar-refractivity contribution in [1.29, 1.82) is 0 Å². The number of amides is 4. The SMILES string of the molecule is O=C(CN1C(=O)NC2(CCCCC2)C1=O)N(Cc1cccs1)Cc1cccs1. The van der Waals surface area contributed by atoms with Crippen LogP contribution in [0.5, 0.6) is 0 Å². The van der Waals surface area contributed by atoms with Crippen molar-refractivity contribution >= 4 is 40.5 Å². The quantitative estimate of drug-likeness (QED) is 0.730. The average Bonchev–Trinajstić information content (AvgIpc) is 3.42. The number of hydrogen-bond acceptors (Lipinski definition) is 5. The largest absolute Gasteiger partial charge is 0.331 e. The van der Waals surface area contributed by atoms with Crippen molar-refractivity contribution in [2.24, 2.45) is 0 Å². The zero-order valence-electron chi connectivity index (χ0n) is 15.6. The molecule has 4 rings (SSSR count). The lowest BCUT2D eigenvalue weighted by atomic mass is 9.82. The molecule has 2 fully saturated rings. The summed E-state index contributed by atoms with van der Waals surface area (Å²) in [5, 5.41) is 6.83. The number of nitrogens with zero attached hydrogens (tertiary/aromatic N) is 2. The third-order valence-corrected chi connectivity index (χ3v) is 7.17. The van der Waals surface area contributed by atoms with Crippen LogP contribution in [0.15, 0.2) is 35.0 Å². The molecule has 1 aliphatic heterocycles. The van der Waals surface area contributed by atoms with E-state index in [-0.39, 0.29) is 18.4 Å². The molecule has 2 aromatic heterocycles. The summed E-state index contributed by atoms with van der Waals surface area (Å²) in [6.07, 6.45) is 4.26. The Morgan fingerprint density at radius 3 is 2.18 bits per heavy atom. The molecule has 2 aliphatic rings. The lowest BCUT2D eigenvalue weighted by Gasteiger charge is -2.30. The number of urea groups is 1. The zero-order valence-corrected chi connectivity index (χ0v) is 17.2. The fraction of sp³-hybridized carbons (Fsp3) is 0.450. The zero-order chi connectivity index (χ0) is 19.6. The maximum Gasteiger partial charge on any atom is 0.325 e. The van der Waals surface area contributed by atoms with Crippen molar-refractivity contribution < 1.29 is 14.4 Å². The molecular weight excluding hydrogens is 394 g/mol. The van der Waals surface area contributed by atoms with Gasteiger partial charge >= 0.3 is 6.03 Å². The van der Waals surface area contributed by atoms with Crippen LogP contribution >= 0.6 is 22.7 Å². The maximum atomic E-state index is 13.1. The molecule has 0 bridgehead atoms. The summed E-state index contributed by atoms with van der Waals surface area (Å²) in [6.45, 7) is 0.746. The topological polar surface area (TPSA) is 69.7 Å². The highest BCUT2D eigenvalue weighted by Gasteiger charge is 2.51. The van der Waals surface area contributed by atoms with Gasteiger partial charge in [0.05, 0.1) is 13.1 Å². The number of carbonyl (C=O) groups is 3. The number of carbonyl (C=O) groups excluding carboxylic acids is 3. The summed E-state index contributed by atoms with van der Waals surface area (Å²) < 4.78 is 0. The molecule has 0 aromatic carbocycles. The Hall–Kier alpha value is -2.19. The van der Waals surface area contributed by atoms with Gasteiger partial charge in [-0.05, 0) is 35.7 Å². The van der Waals surface area contributed by atoms with Crippen LogP contribution in [-0.2, 0) is 22.7 Å². The molecular formula is C20H23N3O3S2. The Labute approximate surface area is 172 Å². The lowest BCUT2D eigenvalue weighted by molar-refractivity contribution is -0.140. The van der Waals surface area contributed by atoms with E-state index in [4.69, 9.17) is 0 Å². The van der Waals surface area contributed by atoms with Gasteiger partial charge in [-0.25, -0.2) is 4.79 Å². The summed E-state index contributed by atoms with van der Waals surface area (Å²) in [5.74, 6) is -0.448. The lowest BCUT2D eigenvalue weighted by Crippen LogP contribution is -2.49. The molecule has 1 aliphatic carbocycles. The molecule has 0 radical (unpaired) electrons. The van der Waals surface area contributed by atoms with E-state index in [9.17, 15) is 14.4 Å². The maximum absolute atomic E-state index is 13.1. The third-order valence-electron chi connectivity index (χ3n) is 5.45. The van der Waals surface area contributed by atoms with Gasteiger partial charge in [-0.2, -0.15) is 0 Å². The first kappa shape index (κ1) is 19.1. The van der Waals surface area contributed by atoms with Crippen LogP contribution in [0.4, 0.5) is 4.79 Å².